The van der Waals surface area contributed by atoms with Gasteiger partial charge >= 0.3 is 0 Å². The molecule has 4 aromatic rings. The maximum Gasteiger partial charge on any atom is 0.217 e. The van der Waals surface area contributed by atoms with E-state index < -0.39 is 0 Å². The molecule has 1 aromatic heterocycles. The number of ether oxygens (including phenoxy) is 1. The summed E-state index contributed by atoms with van der Waals surface area (Å²) in [7, 11) is 0. The van der Waals surface area contributed by atoms with Gasteiger partial charge in [0.2, 0.25) is 5.88 Å². The Kier molecular flexibility index (Phi) is 5.31. The second-order valence-electron chi connectivity index (χ2n) is 6.20. The molecule has 3 aromatic carbocycles. The number of halogens is 2. The summed E-state index contributed by atoms with van der Waals surface area (Å²) >= 11 is 5.99. The predicted octanol–water partition coefficient (Wildman–Crippen LogP) is 6.18. The zero-order valence-corrected chi connectivity index (χ0v) is 15.6. The number of hydrogen-bond acceptors (Lipinski definition) is 3. The molecular formula is C23H16ClFN2O. The first-order valence-corrected chi connectivity index (χ1v) is 9.13. The number of rotatable bonds is 5. The van der Waals surface area contributed by atoms with E-state index >= 15 is 0 Å². The second-order valence-corrected chi connectivity index (χ2v) is 6.64. The highest BCUT2D eigenvalue weighted by molar-refractivity contribution is 6.30. The summed E-state index contributed by atoms with van der Waals surface area (Å²) < 4.78 is 19.0. The molecule has 0 saturated carbocycles. The van der Waals surface area contributed by atoms with Crippen LogP contribution in [0.25, 0.3) is 22.6 Å². The van der Waals surface area contributed by atoms with Gasteiger partial charge in [-0.15, -0.1) is 0 Å². The third kappa shape index (κ3) is 4.35. The maximum atomic E-state index is 13.1. The molecule has 0 aliphatic carbocycles. The van der Waals surface area contributed by atoms with Crippen LogP contribution in [-0.2, 0) is 6.61 Å². The molecule has 1 heterocycles. The third-order valence-corrected chi connectivity index (χ3v) is 4.43. The number of nitrogens with zero attached hydrogens (tertiary/aromatic N) is 2. The fourth-order valence-corrected chi connectivity index (χ4v) is 2.85. The maximum absolute atomic E-state index is 13.1. The Morgan fingerprint density at radius 3 is 2.21 bits per heavy atom. The topological polar surface area (TPSA) is 35.0 Å². The van der Waals surface area contributed by atoms with Crippen LogP contribution in [-0.4, -0.2) is 9.97 Å². The lowest BCUT2D eigenvalue weighted by Crippen LogP contribution is -2.01. The van der Waals surface area contributed by atoms with Crippen molar-refractivity contribution in [3.05, 3.63) is 101 Å². The van der Waals surface area contributed by atoms with Crippen molar-refractivity contribution in [3.63, 3.8) is 0 Å². The van der Waals surface area contributed by atoms with E-state index in [1.54, 1.807) is 30.3 Å². The van der Waals surface area contributed by atoms with E-state index in [0.29, 0.717) is 16.7 Å². The minimum Gasteiger partial charge on any atom is -0.473 e. The van der Waals surface area contributed by atoms with Crippen LogP contribution in [0.3, 0.4) is 0 Å². The molecule has 0 saturated heterocycles. The van der Waals surface area contributed by atoms with Gasteiger partial charge in [-0.1, -0.05) is 54.1 Å². The van der Waals surface area contributed by atoms with Gasteiger partial charge in [0.1, 0.15) is 12.4 Å². The highest BCUT2D eigenvalue weighted by Gasteiger charge is 2.10. The fourth-order valence-electron chi connectivity index (χ4n) is 2.72. The third-order valence-electron chi connectivity index (χ3n) is 4.17. The van der Waals surface area contributed by atoms with E-state index in [0.717, 1.165) is 22.4 Å². The molecular weight excluding hydrogens is 375 g/mol. The molecule has 28 heavy (non-hydrogen) atoms. The van der Waals surface area contributed by atoms with Crippen molar-refractivity contribution in [3.8, 4) is 28.5 Å². The van der Waals surface area contributed by atoms with Crippen molar-refractivity contribution in [1.82, 2.24) is 9.97 Å². The van der Waals surface area contributed by atoms with Crippen LogP contribution in [0, 0.1) is 5.82 Å². The second kappa shape index (κ2) is 8.19. The summed E-state index contributed by atoms with van der Waals surface area (Å²) in [6.45, 7) is 0.283. The first-order chi connectivity index (χ1) is 13.7. The lowest BCUT2D eigenvalue weighted by molar-refractivity contribution is 0.294. The zero-order valence-electron chi connectivity index (χ0n) is 14.8. The number of aromatic nitrogens is 2. The van der Waals surface area contributed by atoms with E-state index in [-0.39, 0.29) is 12.4 Å². The molecule has 0 radical (unpaired) electrons. The molecule has 4 rings (SSSR count). The van der Waals surface area contributed by atoms with E-state index in [1.165, 1.54) is 12.1 Å². The minimum atomic E-state index is -0.276. The van der Waals surface area contributed by atoms with Crippen LogP contribution in [0.2, 0.25) is 5.02 Å². The minimum absolute atomic E-state index is 0.276. The zero-order chi connectivity index (χ0) is 19.3. The normalized spacial score (nSPS) is 10.6. The molecule has 0 atom stereocenters. The molecule has 0 unspecified atom stereocenters. The van der Waals surface area contributed by atoms with E-state index in [9.17, 15) is 4.39 Å². The molecule has 138 valence electrons. The Morgan fingerprint density at radius 2 is 1.50 bits per heavy atom. The molecule has 0 aliphatic heterocycles. The molecule has 3 nitrogen and oxygen atoms in total. The Morgan fingerprint density at radius 1 is 0.786 bits per heavy atom. The van der Waals surface area contributed by atoms with Crippen molar-refractivity contribution >= 4 is 11.6 Å². The van der Waals surface area contributed by atoms with Gasteiger partial charge in [-0.25, -0.2) is 9.37 Å². The summed E-state index contributed by atoms with van der Waals surface area (Å²) in [5.74, 6) is 0.720. The first-order valence-electron chi connectivity index (χ1n) is 8.75. The van der Waals surface area contributed by atoms with Crippen LogP contribution in [0.1, 0.15) is 5.56 Å². The predicted molar refractivity (Wildman–Crippen MR) is 109 cm³/mol. The molecule has 0 amide bonds. The largest absolute Gasteiger partial charge is 0.473 e. The van der Waals surface area contributed by atoms with Crippen LogP contribution < -0.4 is 4.74 Å². The standard InChI is InChI=1S/C23H16ClFN2O/c24-19-10-8-18(9-11-19)23-26-21(17-4-2-1-3-5-17)14-22(27-23)28-15-16-6-12-20(25)13-7-16/h1-14H,15H2. The van der Waals surface area contributed by atoms with Crippen molar-refractivity contribution in [2.75, 3.05) is 0 Å². The molecule has 0 bridgehead atoms. The monoisotopic (exact) mass is 390 g/mol. The van der Waals surface area contributed by atoms with Crippen LogP contribution in [0.15, 0.2) is 84.9 Å². The van der Waals surface area contributed by atoms with Crippen molar-refractivity contribution < 1.29 is 9.13 Å². The Bertz CT molecular complexity index is 1070. The van der Waals surface area contributed by atoms with Crippen LogP contribution in [0.5, 0.6) is 5.88 Å². The number of benzene rings is 3. The molecule has 0 aliphatic rings. The van der Waals surface area contributed by atoms with Crippen molar-refractivity contribution in [2.45, 2.75) is 6.61 Å². The molecule has 5 heteroatoms. The highest BCUT2D eigenvalue weighted by Crippen LogP contribution is 2.26. The average molecular weight is 391 g/mol. The molecule has 0 N–H and O–H groups in total. The highest BCUT2D eigenvalue weighted by atomic mass is 35.5. The quantitative estimate of drug-likeness (QED) is 0.408. The van der Waals surface area contributed by atoms with Gasteiger partial charge in [-0.05, 0) is 42.0 Å². The fraction of sp³-hybridized carbons (Fsp3) is 0.0435. The first kappa shape index (κ1) is 18.1. The van der Waals surface area contributed by atoms with Crippen molar-refractivity contribution in [2.24, 2.45) is 0 Å². The summed E-state index contributed by atoms with van der Waals surface area (Å²) in [4.78, 5) is 9.23. The SMILES string of the molecule is Fc1ccc(COc2cc(-c3ccccc3)nc(-c3ccc(Cl)cc3)n2)cc1. The number of hydrogen-bond donors (Lipinski definition) is 0. The van der Waals surface area contributed by atoms with E-state index in [2.05, 4.69) is 9.97 Å². The lowest BCUT2D eigenvalue weighted by Gasteiger charge is -2.10. The van der Waals surface area contributed by atoms with Crippen molar-refractivity contribution in [1.29, 1.82) is 0 Å². The van der Waals surface area contributed by atoms with E-state index in [1.807, 2.05) is 42.5 Å². The summed E-state index contributed by atoms with van der Waals surface area (Å²) in [5.41, 5.74) is 3.42. The lowest BCUT2D eigenvalue weighted by atomic mass is 10.1. The molecule has 0 spiro atoms. The van der Waals surface area contributed by atoms with E-state index in [4.69, 9.17) is 16.3 Å². The molecule has 0 fully saturated rings. The summed E-state index contributed by atoms with van der Waals surface area (Å²) in [6.07, 6.45) is 0. The van der Waals surface area contributed by atoms with Gasteiger partial charge in [-0.3, -0.25) is 0 Å². The van der Waals surface area contributed by atoms with Gasteiger partial charge < -0.3 is 4.74 Å². The van der Waals surface area contributed by atoms with Crippen LogP contribution >= 0.6 is 11.6 Å². The van der Waals surface area contributed by atoms with Gasteiger partial charge in [0.05, 0.1) is 5.69 Å². The Balaban J connectivity index is 1.69. The Labute approximate surface area is 167 Å². The summed E-state index contributed by atoms with van der Waals surface area (Å²) in [5, 5.41) is 0.649. The van der Waals surface area contributed by atoms with Gasteiger partial charge in [0.25, 0.3) is 0 Å². The Hall–Kier alpha value is -3.24. The average Bonchev–Trinajstić information content (AvgIpc) is 2.74. The smallest absolute Gasteiger partial charge is 0.217 e. The van der Waals surface area contributed by atoms with Gasteiger partial charge in [-0.2, -0.15) is 4.98 Å². The van der Waals surface area contributed by atoms with Crippen LogP contribution in [0.4, 0.5) is 4.39 Å². The summed E-state index contributed by atoms with van der Waals surface area (Å²) in [6, 6.07) is 25.2. The van der Waals surface area contributed by atoms with Gasteiger partial charge in [0.15, 0.2) is 5.82 Å². The van der Waals surface area contributed by atoms with Gasteiger partial charge in [0, 0.05) is 22.2 Å².